The van der Waals surface area contributed by atoms with Gasteiger partial charge in [-0.1, -0.05) is 19.3 Å². The largest absolute Gasteiger partial charge is 0.481 e. The molecule has 0 aromatic heterocycles. The van der Waals surface area contributed by atoms with Crippen LogP contribution < -0.4 is 10.6 Å². The van der Waals surface area contributed by atoms with Gasteiger partial charge in [-0.2, -0.15) is 0 Å². The summed E-state index contributed by atoms with van der Waals surface area (Å²) in [5.74, 6) is -1.30. The van der Waals surface area contributed by atoms with Crippen LogP contribution in [0.4, 0.5) is 4.79 Å². The number of ether oxygens (including phenoxy) is 1. The fraction of sp³-hybridized carbons (Fsp3) is 0.846. The van der Waals surface area contributed by atoms with Gasteiger partial charge in [-0.25, -0.2) is 4.79 Å². The second kappa shape index (κ2) is 7.99. The Hall–Kier alpha value is -1.30. The first-order chi connectivity index (χ1) is 9.04. The molecule has 6 heteroatoms. The zero-order chi connectivity index (χ0) is 14.3. The summed E-state index contributed by atoms with van der Waals surface area (Å²) in [4.78, 5) is 23.0. The van der Waals surface area contributed by atoms with E-state index < -0.39 is 11.9 Å². The molecule has 0 aromatic carbocycles. The Morgan fingerprint density at radius 3 is 2.63 bits per heavy atom. The van der Waals surface area contributed by atoms with Crippen molar-refractivity contribution in [3.05, 3.63) is 0 Å². The molecule has 1 saturated carbocycles. The van der Waals surface area contributed by atoms with Crippen molar-refractivity contribution in [2.45, 2.75) is 51.1 Å². The number of hydrogen-bond acceptors (Lipinski definition) is 3. The second-order valence-corrected chi connectivity index (χ2v) is 5.16. The lowest BCUT2D eigenvalue weighted by Crippen LogP contribution is -2.50. The molecule has 0 heterocycles. The van der Waals surface area contributed by atoms with Gasteiger partial charge in [-0.15, -0.1) is 0 Å². The van der Waals surface area contributed by atoms with E-state index in [1.165, 1.54) is 0 Å². The molecule has 0 aromatic rings. The standard InChI is InChI=1S/C13H24N2O4/c1-9(8-19-2)14-13(18)15-11-7-5-3-4-6-10(11)12(16)17/h9-11H,3-8H2,1-2H3,(H,16,17)(H2,14,15,18). The van der Waals surface area contributed by atoms with Crippen LogP contribution >= 0.6 is 0 Å². The summed E-state index contributed by atoms with van der Waals surface area (Å²) in [5.41, 5.74) is 0. The number of hydrogen-bond donors (Lipinski definition) is 3. The molecule has 0 aliphatic heterocycles. The molecule has 1 aliphatic carbocycles. The highest BCUT2D eigenvalue weighted by Crippen LogP contribution is 2.23. The molecule has 2 amide bonds. The van der Waals surface area contributed by atoms with Crippen molar-refractivity contribution in [1.29, 1.82) is 0 Å². The third-order valence-corrected chi connectivity index (χ3v) is 3.44. The number of carboxylic acid groups (broad SMARTS) is 1. The maximum atomic E-state index is 11.8. The number of amides is 2. The Bertz CT molecular complexity index is 309. The third kappa shape index (κ3) is 5.46. The van der Waals surface area contributed by atoms with Gasteiger partial charge in [0.2, 0.25) is 0 Å². The van der Waals surface area contributed by atoms with Crippen molar-refractivity contribution in [2.24, 2.45) is 5.92 Å². The predicted molar refractivity (Wildman–Crippen MR) is 71.0 cm³/mol. The van der Waals surface area contributed by atoms with E-state index in [4.69, 9.17) is 4.74 Å². The molecule has 6 nitrogen and oxygen atoms in total. The molecule has 0 radical (unpaired) electrons. The number of methoxy groups -OCH3 is 1. The van der Waals surface area contributed by atoms with E-state index in [2.05, 4.69) is 10.6 Å². The lowest BCUT2D eigenvalue weighted by Gasteiger charge is -2.24. The number of aliphatic carboxylic acids is 1. The molecule has 0 spiro atoms. The molecular weight excluding hydrogens is 248 g/mol. The van der Waals surface area contributed by atoms with Crippen LogP contribution in [0.25, 0.3) is 0 Å². The number of carbonyl (C=O) groups excluding carboxylic acids is 1. The highest BCUT2D eigenvalue weighted by atomic mass is 16.5. The first kappa shape index (κ1) is 15.8. The summed E-state index contributed by atoms with van der Waals surface area (Å²) in [5, 5.41) is 14.8. The summed E-state index contributed by atoms with van der Waals surface area (Å²) in [6, 6.07) is -0.698. The Balaban J connectivity index is 2.51. The van der Waals surface area contributed by atoms with Crippen LogP contribution in [0.1, 0.15) is 39.0 Å². The van der Waals surface area contributed by atoms with E-state index in [-0.39, 0.29) is 18.1 Å². The normalized spacial score (nSPS) is 25.2. The number of urea groups is 1. The van der Waals surface area contributed by atoms with Gasteiger partial charge in [0.1, 0.15) is 0 Å². The predicted octanol–water partition coefficient (Wildman–Crippen LogP) is 1.35. The summed E-state index contributed by atoms with van der Waals surface area (Å²) < 4.78 is 4.94. The van der Waals surface area contributed by atoms with Crippen LogP contribution in [0.2, 0.25) is 0 Å². The van der Waals surface area contributed by atoms with Gasteiger partial charge in [-0.05, 0) is 19.8 Å². The summed E-state index contributed by atoms with van der Waals surface area (Å²) in [6.07, 6.45) is 4.26. The summed E-state index contributed by atoms with van der Waals surface area (Å²) in [7, 11) is 1.57. The van der Waals surface area contributed by atoms with Crippen LogP contribution in [0.3, 0.4) is 0 Å². The first-order valence-electron chi connectivity index (χ1n) is 6.83. The van der Waals surface area contributed by atoms with Gasteiger partial charge in [0.25, 0.3) is 0 Å². The minimum Gasteiger partial charge on any atom is -0.481 e. The van der Waals surface area contributed by atoms with Gasteiger partial charge in [0.05, 0.1) is 18.6 Å². The molecule has 1 fully saturated rings. The topological polar surface area (TPSA) is 87.7 Å². The van der Waals surface area contributed by atoms with Crippen molar-refractivity contribution in [3.8, 4) is 0 Å². The molecule has 0 saturated heterocycles. The Labute approximate surface area is 113 Å². The fourth-order valence-electron chi connectivity index (χ4n) is 2.50. The van der Waals surface area contributed by atoms with E-state index >= 15 is 0 Å². The Morgan fingerprint density at radius 1 is 1.32 bits per heavy atom. The van der Waals surface area contributed by atoms with Crippen LogP contribution in [-0.4, -0.2) is 42.9 Å². The maximum absolute atomic E-state index is 11.8. The van der Waals surface area contributed by atoms with Crippen molar-refractivity contribution >= 4 is 12.0 Å². The second-order valence-electron chi connectivity index (χ2n) is 5.16. The van der Waals surface area contributed by atoms with Crippen LogP contribution in [0, 0.1) is 5.92 Å². The SMILES string of the molecule is COCC(C)NC(=O)NC1CCCCCC1C(=O)O. The van der Waals surface area contributed by atoms with Gasteiger partial charge < -0.3 is 20.5 Å². The van der Waals surface area contributed by atoms with Gasteiger partial charge >= 0.3 is 12.0 Å². The number of nitrogens with one attached hydrogen (secondary N) is 2. The van der Waals surface area contributed by atoms with E-state index in [0.717, 1.165) is 25.7 Å². The minimum absolute atomic E-state index is 0.0981. The highest BCUT2D eigenvalue weighted by Gasteiger charge is 2.30. The average Bonchev–Trinajstić information content (AvgIpc) is 2.54. The zero-order valence-corrected chi connectivity index (χ0v) is 11.6. The van der Waals surface area contributed by atoms with Crippen LogP contribution in [0.15, 0.2) is 0 Å². The van der Waals surface area contributed by atoms with Gasteiger partial charge in [-0.3, -0.25) is 4.79 Å². The minimum atomic E-state index is -0.822. The van der Waals surface area contributed by atoms with Crippen molar-refractivity contribution in [1.82, 2.24) is 10.6 Å². The zero-order valence-electron chi connectivity index (χ0n) is 11.6. The first-order valence-corrected chi connectivity index (χ1v) is 6.83. The number of carbonyl (C=O) groups is 2. The van der Waals surface area contributed by atoms with E-state index in [1.807, 2.05) is 6.92 Å². The van der Waals surface area contributed by atoms with E-state index in [0.29, 0.717) is 13.0 Å². The summed E-state index contributed by atoms with van der Waals surface area (Å²) in [6.45, 7) is 2.27. The van der Waals surface area contributed by atoms with Crippen LogP contribution in [-0.2, 0) is 9.53 Å². The lowest BCUT2D eigenvalue weighted by atomic mass is 9.95. The quantitative estimate of drug-likeness (QED) is 0.659. The molecule has 110 valence electrons. The van der Waals surface area contributed by atoms with Gasteiger partial charge in [0, 0.05) is 13.2 Å². The number of carboxylic acids is 1. The van der Waals surface area contributed by atoms with Crippen LogP contribution in [0.5, 0.6) is 0 Å². The van der Waals surface area contributed by atoms with Gasteiger partial charge in [0.15, 0.2) is 0 Å². The van der Waals surface area contributed by atoms with E-state index in [1.54, 1.807) is 7.11 Å². The fourth-order valence-corrected chi connectivity index (χ4v) is 2.50. The molecule has 3 N–H and O–H groups in total. The molecule has 3 unspecified atom stereocenters. The third-order valence-electron chi connectivity index (χ3n) is 3.44. The molecular formula is C13H24N2O4. The van der Waals surface area contributed by atoms with Crippen molar-refractivity contribution in [2.75, 3.05) is 13.7 Å². The smallest absolute Gasteiger partial charge is 0.315 e. The molecule has 0 bridgehead atoms. The van der Waals surface area contributed by atoms with Crippen molar-refractivity contribution < 1.29 is 19.4 Å². The van der Waals surface area contributed by atoms with Crippen molar-refractivity contribution in [3.63, 3.8) is 0 Å². The lowest BCUT2D eigenvalue weighted by molar-refractivity contribution is -0.142. The molecule has 1 rings (SSSR count). The molecule has 1 aliphatic rings. The number of rotatable bonds is 5. The highest BCUT2D eigenvalue weighted by molar-refractivity contribution is 5.77. The molecule has 3 atom stereocenters. The van der Waals surface area contributed by atoms with E-state index in [9.17, 15) is 14.7 Å². The summed E-state index contributed by atoms with van der Waals surface area (Å²) >= 11 is 0. The Morgan fingerprint density at radius 2 is 2.00 bits per heavy atom. The molecule has 19 heavy (non-hydrogen) atoms. The monoisotopic (exact) mass is 272 g/mol. The average molecular weight is 272 g/mol. The maximum Gasteiger partial charge on any atom is 0.315 e. The Kier molecular flexibility index (Phi) is 6.62.